The van der Waals surface area contributed by atoms with Crippen LogP contribution in [0.2, 0.25) is 0 Å². The highest BCUT2D eigenvalue weighted by atomic mass is 16.7. The van der Waals surface area contributed by atoms with Crippen LogP contribution in [0.3, 0.4) is 0 Å². The maximum Gasteiger partial charge on any atom is 0.158 e. The van der Waals surface area contributed by atoms with Gasteiger partial charge in [-0.15, -0.1) is 12.3 Å². The van der Waals surface area contributed by atoms with Crippen molar-refractivity contribution in [3.05, 3.63) is 0 Å². The van der Waals surface area contributed by atoms with Gasteiger partial charge in [-0.25, -0.2) is 0 Å². The lowest BCUT2D eigenvalue weighted by Gasteiger charge is -2.22. The fourth-order valence-electron chi connectivity index (χ4n) is 0.904. The summed E-state index contributed by atoms with van der Waals surface area (Å²) in [5, 5.41) is 0. The maximum atomic E-state index is 5.26. The average molecular weight is 140 g/mol. The van der Waals surface area contributed by atoms with Crippen molar-refractivity contribution in [3.63, 3.8) is 0 Å². The molecule has 0 atom stereocenters. The predicted molar refractivity (Wildman–Crippen MR) is 38.4 cm³/mol. The molecule has 0 amide bonds. The van der Waals surface area contributed by atoms with Gasteiger partial charge >= 0.3 is 0 Å². The van der Waals surface area contributed by atoms with E-state index in [9.17, 15) is 0 Å². The van der Waals surface area contributed by atoms with E-state index in [-0.39, 0.29) is 6.29 Å². The van der Waals surface area contributed by atoms with Crippen molar-refractivity contribution in [2.75, 3.05) is 13.2 Å². The van der Waals surface area contributed by atoms with Crippen molar-refractivity contribution < 1.29 is 9.47 Å². The van der Waals surface area contributed by atoms with E-state index >= 15 is 0 Å². The quantitative estimate of drug-likeness (QED) is 0.536. The molecule has 1 aliphatic heterocycles. The molecule has 0 bridgehead atoms. The molecule has 0 spiro atoms. The van der Waals surface area contributed by atoms with Crippen molar-refractivity contribution in [1.29, 1.82) is 0 Å². The van der Waals surface area contributed by atoms with Crippen LogP contribution in [0, 0.1) is 12.3 Å². The summed E-state index contributed by atoms with van der Waals surface area (Å²) in [5.41, 5.74) is 0. The van der Waals surface area contributed by atoms with E-state index in [1.807, 2.05) is 0 Å². The van der Waals surface area contributed by atoms with Gasteiger partial charge in [0, 0.05) is 12.8 Å². The van der Waals surface area contributed by atoms with Gasteiger partial charge in [0.15, 0.2) is 6.29 Å². The van der Waals surface area contributed by atoms with Crippen molar-refractivity contribution in [3.8, 4) is 12.3 Å². The summed E-state index contributed by atoms with van der Waals surface area (Å²) in [4.78, 5) is 0. The summed E-state index contributed by atoms with van der Waals surface area (Å²) in [5.74, 6) is 2.55. The van der Waals surface area contributed by atoms with Crippen LogP contribution < -0.4 is 0 Å². The van der Waals surface area contributed by atoms with Crippen molar-refractivity contribution in [2.24, 2.45) is 0 Å². The summed E-state index contributed by atoms with van der Waals surface area (Å²) in [6, 6.07) is 0. The highest BCUT2D eigenvalue weighted by Gasteiger charge is 2.12. The van der Waals surface area contributed by atoms with E-state index in [1.165, 1.54) is 0 Å². The first-order valence-electron chi connectivity index (χ1n) is 3.60. The van der Waals surface area contributed by atoms with Crippen LogP contribution >= 0.6 is 0 Å². The maximum absolute atomic E-state index is 5.26. The van der Waals surface area contributed by atoms with Crippen LogP contribution in [-0.2, 0) is 9.47 Å². The topological polar surface area (TPSA) is 18.5 Å². The fourth-order valence-corrected chi connectivity index (χ4v) is 0.904. The van der Waals surface area contributed by atoms with E-state index in [1.54, 1.807) is 0 Å². The van der Waals surface area contributed by atoms with Gasteiger partial charge in [-0.05, 0) is 6.42 Å². The predicted octanol–water partition coefficient (Wildman–Crippen LogP) is 1.16. The van der Waals surface area contributed by atoms with Crippen LogP contribution in [0.5, 0.6) is 0 Å². The minimum absolute atomic E-state index is 0.0372. The van der Waals surface area contributed by atoms with Crippen molar-refractivity contribution in [2.45, 2.75) is 25.6 Å². The van der Waals surface area contributed by atoms with Gasteiger partial charge < -0.3 is 9.47 Å². The number of hydrogen-bond donors (Lipinski definition) is 0. The molecule has 2 heteroatoms. The number of ether oxygens (including phenoxy) is 2. The minimum Gasteiger partial charge on any atom is -0.353 e. The van der Waals surface area contributed by atoms with Crippen molar-refractivity contribution >= 4 is 0 Å². The van der Waals surface area contributed by atoms with Crippen LogP contribution in [0.15, 0.2) is 0 Å². The highest BCUT2D eigenvalue weighted by Crippen LogP contribution is 2.09. The molecule has 1 heterocycles. The fraction of sp³-hybridized carbons (Fsp3) is 0.750. The molecule has 1 rings (SSSR count). The number of hydrogen-bond acceptors (Lipinski definition) is 2. The van der Waals surface area contributed by atoms with Crippen LogP contribution in [0.25, 0.3) is 0 Å². The molecular weight excluding hydrogens is 128 g/mol. The molecule has 10 heavy (non-hydrogen) atoms. The first-order chi connectivity index (χ1) is 4.93. The van der Waals surface area contributed by atoms with E-state index in [4.69, 9.17) is 15.9 Å². The van der Waals surface area contributed by atoms with Gasteiger partial charge in [0.2, 0.25) is 0 Å². The first-order valence-corrected chi connectivity index (χ1v) is 3.60. The molecule has 0 aromatic rings. The second-order valence-electron chi connectivity index (χ2n) is 2.27. The van der Waals surface area contributed by atoms with Crippen LogP contribution in [0.4, 0.5) is 0 Å². The smallest absolute Gasteiger partial charge is 0.158 e. The Balaban J connectivity index is 2.09. The Kier molecular flexibility index (Phi) is 3.28. The Morgan fingerprint density at radius 1 is 1.40 bits per heavy atom. The summed E-state index contributed by atoms with van der Waals surface area (Å²) >= 11 is 0. The number of rotatable bonds is 2. The SMILES string of the molecule is C#CCCC1OCCCO1. The van der Waals surface area contributed by atoms with Crippen LogP contribution in [0.1, 0.15) is 19.3 Å². The Bertz CT molecular complexity index is 120. The molecule has 0 aromatic heterocycles. The molecule has 0 aliphatic carbocycles. The molecule has 56 valence electrons. The largest absolute Gasteiger partial charge is 0.353 e. The molecule has 0 aromatic carbocycles. The van der Waals surface area contributed by atoms with Crippen LogP contribution in [-0.4, -0.2) is 19.5 Å². The third-order valence-corrected chi connectivity index (χ3v) is 1.42. The lowest BCUT2D eigenvalue weighted by Crippen LogP contribution is -2.24. The Labute approximate surface area is 61.5 Å². The molecule has 2 nitrogen and oxygen atoms in total. The molecule has 1 fully saturated rings. The summed E-state index contributed by atoms with van der Waals surface area (Å²) < 4.78 is 10.5. The third-order valence-electron chi connectivity index (χ3n) is 1.42. The summed E-state index contributed by atoms with van der Waals surface area (Å²) in [6.45, 7) is 1.63. The van der Waals surface area contributed by atoms with Gasteiger partial charge in [0.25, 0.3) is 0 Å². The van der Waals surface area contributed by atoms with E-state index < -0.39 is 0 Å². The standard InChI is InChI=1S/C8H12O2/c1-2-3-5-8-9-6-4-7-10-8/h1,8H,3-7H2. The monoisotopic (exact) mass is 140 g/mol. The van der Waals surface area contributed by atoms with Gasteiger partial charge in [0.05, 0.1) is 13.2 Å². The van der Waals surface area contributed by atoms with Gasteiger partial charge in [-0.1, -0.05) is 0 Å². The van der Waals surface area contributed by atoms with E-state index in [0.29, 0.717) is 0 Å². The van der Waals surface area contributed by atoms with Crippen molar-refractivity contribution in [1.82, 2.24) is 0 Å². The van der Waals surface area contributed by atoms with E-state index in [2.05, 4.69) is 5.92 Å². The molecular formula is C8H12O2. The lowest BCUT2D eigenvalue weighted by atomic mass is 10.3. The average Bonchev–Trinajstić information content (AvgIpc) is 2.03. The van der Waals surface area contributed by atoms with Gasteiger partial charge in [-0.3, -0.25) is 0 Å². The van der Waals surface area contributed by atoms with Gasteiger partial charge in [-0.2, -0.15) is 0 Å². The number of terminal acetylenes is 1. The normalized spacial score (nSPS) is 20.3. The Morgan fingerprint density at radius 3 is 2.70 bits per heavy atom. The molecule has 0 radical (unpaired) electrons. The Morgan fingerprint density at radius 2 is 2.10 bits per heavy atom. The molecule has 0 N–H and O–H groups in total. The lowest BCUT2D eigenvalue weighted by molar-refractivity contribution is -0.180. The second-order valence-corrected chi connectivity index (χ2v) is 2.27. The zero-order chi connectivity index (χ0) is 7.23. The minimum atomic E-state index is -0.0372. The molecule has 0 unspecified atom stereocenters. The Hall–Kier alpha value is -0.520. The molecule has 0 saturated carbocycles. The second kappa shape index (κ2) is 4.32. The van der Waals surface area contributed by atoms with Gasteiger partial charge in [0.1, 0.15) is 0 Å². The van der Waals surface area contributed by atoms with E-state index in [0.717, 1.165) is 32.5 Å². The molecule has 1 saturated heterocycles. The zero-order valence-electron chi connectivity index (χ0n) is 6.01. The zero-order valence-corrected chi connectivity index (χ0v) is 6.01. The summed E-state index contributed by atoms with van der Waals surface area (Å²) in [6.07, 6.45) is 7.62. The third kappa shape index (κ3) is 2.38. The first kappa shape index (κ1) is 7.59. The summed E-state index contributed by atoms with van der Waals surface area (Å²) in [7, 11) is 0. The molecule has 1 aliphatic rings. The highest BCUT2D eigenvalue weighted by molar-refractivity contribution is 4.83.